The lowest BCUT2D eigenvalue weighted by Crippen LogP contribution is -2.24. The fraction of sp³-hybridized carbons (Fsp3) is 0.105. The van der Waals surface area contributed by atoms with Crippen molar-refractivity contribution in [3.63, 3.8) is 0 Å². The molecule has 0 radical (unpaired) electrons. The number of aryl methyl sites for hydroxylation is 1. The summed E-state index contributed by atoms with van der Waals surface area (Å²) in [5.41, 5.74) is 1.14. The lowest BCUT2D eigenvalue weighted by molar-refractivity contribution is 0.542. The first-order valence-corrected chi connectivity index (χ1v) is 7.17. The molecular weight excluding hydrogens is 296 g/mol. The molecule has 0 saturated carbocycles. The zero-order valence-electron chi connectivity index (χ0n) is 12.9. The summed E-state index contributed by atoms with van der Waals surface area (Å²) >= 11 is 0. The van der Waals surface area contributed by atoms with Crippen molar-refractivity contribution < 1.29 is 8.78 Å². The minimum Gasteiger partial charge on any atom is -0.268 e. The molecule has 0 amide bonds. The molecule has 3 aromatic rings. The molecule has 0 unspecified atom stereocenters. The van der Waals surface area contributed by atoms with E-state index < -0.39 is 17.3 Å². The highest BCUT2D eigenvalue weighted by atomic mass is 19.1. The molecule has 0 aliphatic heterocycles. The van der Waals surface area contributed by atoms with Crippen molar-refractivity contribution in [2.45, 2.75) is 13.8 Å². The van der Waals surface area contributed by atoms with E-state index in [-0.39, 0.29) is 0 Å². The van der Waals surface area contributed by atoms with Crippen molar-refractivity contribution in [1.82, 2.24) is 4.57 Å². The van der Waals surface area contributed by atoms with Crippen LogP contribution in [0.3, 0.4) is 0 Å². The molecule has 0 fully saturated rings. The van der Waals surface area contributed by atoms with Crippen LogP contribution in [0, 0.1) is 18.7 Å². The van der Waals surface area contributed by atoms with Crippen LogP contribution in [0.1, 0.15) is 18.1 Å². The molecule has 4 heteroatoms. The molecule has 0 N–H and O–H groups in total. The predicted molar refractivity (Wildman–Crippen MR) is 88.9 cm³/mol. The molecule has 0 saturated heterocycles. The van der Waals surface area contributed by atoms with Crippen molar-refractivity contribution in [3.8, 4) is 5.69 Å². The quantitative estimate of drug-likeness (QED) is 0.633. The summed E-state index contributed by atoms with van der Waals surface area (Å²) in [5.74, 6) is -1.11. The topological polar surface area (TPSA) is 22.0 Å². The summed E-state index contributed by atoms with van der Waals surface area (Å²) in [6.07, 6.45) is 0. The van der Waals surface area contributed by atoms with E-state index in [0.29, 0.717) is 33.2 Å². The zero-order chi connectivity index (χ0) is 16.7. The molecule has 2 nitrogen and oxygen atoms in total. The third kappa shape index (κ3) is 2.36. The Hall–Kier alpha value is -2.75. The van der Waals surface area contributed by atoms with Gasteiger partial charge in [-0.15, -0.1) is 0 Å². The number of allylic oxidation sites excluding steroid dienone is 1. The molecule has 0 bridgehead atoms. The van der Waals surface area contributed by atoms with Crippen LogP contribution < -0.4 is 5.56 Å². The van der Waals surface area contributed by atoms with Gasteiger partial charge in [0.15, 0.2) is 0 Å². The second-order valence-electron chi connectivity index (χ2n) is 5.56. The van der Waals surface area contributed by atoms with Gasteiger partial charge in [0.25, 0.3) is 5.56 Å². The summed E-state index contributed by atoms with van der Waals surface area (Å²) in [5, 5.41) is 0.925. The van der Waals surface area contributed by atoms with E-state index in [4.69, 9.17) is 0 Å². The summed E-state index contributed by atoms with van der Waals surface area (Å²) in [7, 11) is 0. The van der Waals surface area contributed by atoms with Gasteiger partial charge in [0.2, 0.25) is 5.95 Å². The Morgan fingerprint density at radius 3 is 2.35 bits per heavy atom. The standard InChI is InChI=1S/C19H15F2NO/c1-11(2)17-14-6-4-5-7-15(14)19(23)22(18(17)21)16-9-8-13(20)10-12(16)3/h4-10H,1H2,2-3H3. The first-order chi connectivity index (χ1) is 10.9. The average Bonchev–Trinajstić information content (AvgIpc) is 2.49. The van der Waals surface area contributed by atoms with Gasteiger partial charge in [0, 0.05) is 10.9 Å². The highest BCUT2D eigenvalue weighted by molar-refractivity contribution is 5.92. The van der Waals surface area contributed by atoms with Gasteiger partial charge in [0.1, 0.15) is 5.82 Å². The van der Waals surface area contributed by atoms with E-state index in [2.05, 4.69) is 6.58 Å². The Morgan fingerprint density at radius 1 is 1.09 bits per heavy atom. The van der Waals surface area contributed by atoms with Gasteiger partial charge in [-0.2, -0.15) is 4.39 Å². The van der Waals surface area contributed by atoms with Gasteiger partial charge in [-0.25, -0.2) is 4.39 Å². The fourth-order valence-corrected chi connectivity index (χ4v) is 2.81. The minimum atomic E-state index is -0.684. The van der Waals surface area contributed by atoms with Crippen LogP contribution in [0.15, 0.2) is 53.8 Å². The van der Waals surface area contributed by atoms with Crippen LogP contribution in [0.25, 0.3) is 22.0 Å². The van der Waals surface area contributed by atoms with Crippen LogP contribution in [-0.4, -0.2) is 4.57 Å². The number of hydrogen-bond donors (Lipinski definition) is 0. The van der Waals surface area contributed by atoms with E-state index in [1.807, 2.05) is 0 Å². The second-order valence-corrected chi connectivity index (χ2v) is 5.56. The predicted octanol–water partition coefficient (Wildman–Crippen LogP) is 4.61. The molecule has 1 heterocycles. The Labute approximate surface area is 132 Å². The molecule has 116 valence electrons. The molecule has 3 rings (SSSR count). The number of pyridine rings is 1. The maximum absolute atomic E-state index is 15.1. The van der Waals surface area contributed by atoms with Crippen LogP contribution in [0.2, 0.25) is 0 Å². The number of halogens is 2. The van der Waals surface area contributed by atoms with Gasteiger partial charge in [-0.05, 0) is 54.6 Å². The summed E-state index contributed by atoms with van der Waals surface area (Å²) in [4.78, 5) is 12.8. The molecule has 0 atom stereocenters. The first-order valence-electron chi connectivity index (χ1n) is 7.17. The van der Waals surface area contributed by atoms with Gasteiger partial charge in [-0.1, -0.05) is 24.8 Å². The molecule has 2 aromatic carbocycles. The third-order valence-electron chi connectivity index (χ3n) is 3.86. The second kappa shape index (κ2) is 5.47. The van der Waals surface area contributed by atoms with E-state index in [1.54, 1.807) is 38.1 Å². The smallest absolute Gasteiger partial charge is 0.265 e. The number of hydrogen-bond acceptors (Lipinski definition) is 1. The molecule has 23 heavy (non-hydrogen) atoms. The highest BCUT2D eigenvalue weighted by Crippen LogP contribution is 2.27. The van der Waals surface area contributed by atoms with Crippen molar-refractivity contribution in [2.24, 2.45) is 0 Å². The van der Waals surface area contributed by atoms with E-state index in [1.165, 1.54) is 18.2 Å². The van der Waals surface area contributed by atoms with Gasteiger partial charge in [0.05, 0.1) is 5.69 Å². The van der Waals surface area contributed by atoms with Crippen LogP contribution in [0.4, 0.5) is 8.78 Å². The Kier molecular flexibility index (Phi) is 3.60. The summed E-state index contributed by atoms with van der Waals surface area (Å²) in [6.45, 7) is 7.15. The largest absolute Gasteiger partial charge is 0.268 e. The van der Waals surface area contributed by atoms with Gasteiger partial charge >= 0.3 is 0 Å². The maximum Gasteiger partial charge on any atom is 0.265 e. The number of benzene rings is 2. The van der Waals surface area contributed by atoms with Gasteiger partial charge < -0.3 is 0 Å². The van der Waals surface area contributed by atoms with Gasteiger partial charge in [-0.3, -0.25) is 9.36 Å². The fourth-order valence-electron chi connectivity index (χ4n) is 2.81. The van der Waals surface area contributed by atoms with Crippen molar-refractivity contribution >= 4 is 16.3 Å². The highest BCUT2D eigenvalue weighted by Gasteiger charge is 2.19. The Balaban J connectivity index is 2.51. The molecule has 1 aromatic heterocycles. The number of aromatic nitrogens is 1. The number of nitrogens with zero attached hydrogens (tertiary/aromatic N) is 1. The normalized spacial score (nSPS) is 11.0. The van der Waals surface area contributed by atoms with Crippen molar-refractivity contribution in [2.75, 3.05) is 0 Å². The van der Waals surface area contributed by atoms with Crippen molar-refractivity contribution in [1.29, 1.82) is 0 Å². The van der Waals surface area contributed by atoms with Crippen LogP contribution >= 0.6 is 0 Å². The first kappa shape index (κ1) is 15.2. The Morgan fingerprint density at radius 2 is 1.74 bits per heavy atom. The molecule has 0 spiro atoms. The lowest BCUT2D eigenvalue weighted by atomic mass is 10.0. The number of fused-ring (bicyclic) bond motifs is 1. The number of rotatable bonds is 2. The van der Waals surface area contributed by atoms with E-state index in [9.17, 15) is 9.18 Å². The zero-order valence-corrected chi connectivity index (χ0v) is 12.9. The minimum absolute atomic E-state index is 0.295. The van der Waals surface area contributed by atoms with E-state index >= 15 is 4.39 Å². The van der Waals surface area contributed by atoms with Crippen LogP contribution in [0.5, 0.6) is 0 Å². The third-order valence-corrected chi connectivity index (χ3v) is 3.86. The average molecular weight is 311 g/mol. The van der Waals surface area contributed by atoms with E-state index in [0.717, 1.165) is 4.57 Å². The Bertz CT molecular complexity index is 1000. The summed E-state index contributed by atoms with van der Waals surface area (Å²) in [6, 6.07) is 10.7. The SMILES string of the molecule is C=C(C)c1c(F)n(-c2ccc(F)cc2C)c(=O)c2ccccc12. The molecule has 0 aliphatic carbocycles. The van der Waals surface area contributed by atoms with Crippen LogP contribution in [-0.2, 0) is 0 Å². The molecular formula is C19H15F2NO. The monoisotopic (exact) mass is 311 g/mol. The molecule has 0 aliphatic rings. The maximum atomic E-state index is 15.1. The summed E-state index contributed by atoms with van der Waals surface area (Å²) < 4.78 is 29.4. The van der Waals surface area contributed by atoms with Crippen molar-refractivity contribution in [3.05, 3.63) is 82.3 Å². The lowest BCUT2D eigenvalue weighted by Gasteiger charge is -2.16.